The van der Waals surface area contributed by atoms with Crippen LogP contribution < -0.4 is 19.5 Å². The Labute approximate surface area is 185 Å². The molecule has 0 bridgehead atoms. The van der Waals surface area contributed by atoms with Gasteiger partial charge >= 0.3 is 0 Å². The number of rotatable bonds is 6. The number of fused-ring (bicyclic) bond motifs is 1. The van der Waals surface area contributed by atoms with E-state index in [9.17, 15) is 9.59 Å². The number of hydrogen-bond acceptors (Lipinski definition) is 6. The first-order chi connectivity index (χ1) is 15.5. The molecule has 0 saturated carbocycles. The van der Waals surface area contributed by atoms with Crippen LogP contribution in [0.4, 0.5) is 0 Å². The third-order valence-electron chi connectivity index (χ3n) is 5.71. The highest BCUT2D eigenvalue weighted by molar-refractivity contribution is 5.97. The molecule has 0 atom stereocenters. The molecule has 1 aliphatic rings. The summed E-state index contributed by atoms with van der Waals surface area (Å²) in [5, 5.41) is 3.05. The molecule has 2 N–H and O–H groups in total. The van der Waals surface area contributed by atoms with Gasteiger partial charge in [-0.05, 0) is 43.2 Å². The predicted molar refractivity (Wildman–Crippen MR) is 119 cm³/mol. The number of likely N-dealkylation sites (tertiary alicyclic amines) is 1. The van der Waals surface area contributed by atoms with Crippen LogP contribution in [-0.4, -0.2) is 67.1 Å². The lowest BCUT2D eigenvalue weighted by atomic mass is 10.0. The van der Waals surface area contributed by atoms with E-state index in [0.29, 0.717) is 54.3 Å². The molecule has 2 amide bonds. The molecule has 0 spiro atoms. The lowest BCUT2D eigenvalue weighted by Gasteiger charge is -2.32. The molecule has 168 valence electrons. The van der Waals surface area contributed by atoms with Crippen molar-refractivity contribution >= 4 is 22.8 Å². The summed E-state index contributed by atoms with van der Waals surface area (Å²) in [7, 11) is 4.54. The Morgan fingerprint density at radius 1 is 1.00 bits per heavy atom. The van der Waals surface area contributed by atoms with Gasteiger partial charge in [0.1, 0.15) is 0 Å². The zero-order chi connectivity index (χ0) is 22.7. The minimum Gasteiger partial charge on any atom is -0.493 e. The number of aromatic nitrogens is 2. The Kier molecular flexibility index (Phi) is 6.16. The Bertz CT molecular complexity index is 1110. The maximum absolute atomic E-state index is 12.9. The smallest absolute Gasteiger partial charge is 0.253 e. The van der Waals surface area contributed by atoms with Crippen LogP contribution in [0.1, 0.15) is 33.6 Å². The van der Waals surface area contributed by atoms with Gasteiger partial charge in [-0.2, -0.15) is 0 Å². The van der Waals surface area contributed by atoms with E-state index in [1.807, 2.05) is 17.0 Å². The molecule has 9 nitrogen and oxygen atoms in total. The van der Waals surface area contributed by atoms with Crippen LogP contribution in [-0.2, 0) is 0 Å². The Hall–Kier alpha value is -3.75. The van der Waals surface area contributed by atoms with Crippen LogP contribution in [0.2, 0.25) is 0 Å². The Morgan fingerprint density at radius 2 is 1.69 bits per heavy atom. The molecular formula is C23H26N4O5. The maximum atomic E-state index is 12.9. The van der Waals surface area contributed by atoms with Gasteiger partial charge in [0, 0.05) is 30.3 Å². The largest absolute Gasteiger partial charge is 0.493 e. The quantitative estimate of drug-likeness (QED) is 0.613. The average Bonchev–Trinajstić information content (AvgIpc) is 3.31. The number of nitrogens with zero attached hydrogens (tertiary/aromatic N) is 2. The minimum absolute atomic E-state index is 0.0177. The van der Waals surface area contributed by atoms with Gasteiger partial charge < -0.3 is 29.4 Å². The fourth-order valence-electron chi connectivity index (χ4n) is 3.96. The van der Waals surface area contributed by atoms with Gasteiger partial charge in [-0.15, -0.1) is 0 Å². The van der Waals surface area contributed by atoms with Gasteiger partial charge in [0.2, 0.25) is 5.75 Å². The van der Waals surface area contributed by atoms with Crippen molar-refractivity contribution in [1.29, 1.82) is 0 Å². The van der Waals surface area contributed by atoms with Gasteiger partial charge in [-0.3, -0.25) is 9.59 Å². The summed E-state index contributed by atoms with van der Waals surface area (Å²) < 4.78 is 16.0. The van der Waals surface area contributed by atoms with E-state index in [4.69, 9.17) is 14.2 Å². The van der Waals surface area contributed by atoms with Crippen molar-refractivity contribution in [3.63, 3.8) is 0 Å². The second kappa shape index (κ2) is 9.17. The molecule has 1 aliphatic heterocycles. The highest BCUT2D eigenvalue weighted by atomic mass is 16.5. The number of piperidine rings is 1. The molecular weight excluding hydrogens is 412 g/mol. The first-order valence-corrected chi connectivity index (χ1v) is 10.4. The number of hydrogen-bond donors (Lipinski definition) is 2. The van der Waals surface area contributed by atoms with Crippen LogP contribution in [0.3, 0.4) is 0 Å². The second-order valence-corrected chi connectivity index (χ2v) is 7.59. The molecule has 4 rings (SSSR count). The summed E-state index contributed by atoms with van der Waals surface area (Å²) in [6.07, 6.45) is 2.96. The summed E-state index contributed by atoms with van der Waals surface area (Å²) in [4.78, 5) is 34.7. The Morgan fingerprint density at radius 3 is 2.31 bits per heavy atom. The summed E-state index contributed by atoms with van der Waals surface area (Å²) >= 11 is 0. The maximum Gasteiger partial charge on any atom is 0.253 e. The monoisotopic (exact) mass is 438 g/mol. The number of carbonyl (C=O) groups is 2. The van der Waals surface area contributed by atoms with Gasteiger partial charge in [0.15, 0.2) is 11.5 Å². The van der Waals surface area contributed by atoms with Gasteiger partial charge in [0.25, 0.3) is 11.8 Å². The van der Waals surface area contributed by atoms with Crippen LogP contribution in [0.25, 0.3) is 11.0 Å². The standard InChI is InChI=1S/C23H26N4O5/c1-30-19-11-15(12-20(31-2)21(19)32-3)22(28)26-16-6-8-27(9-7-16)23(29)14-4-5-17-18(10-14)25-13-24-17/h4-5,10-13,16H,6-9H2,1-3H3,(H,24,25)(H,26,28). The van der Waals surface area contributed by atoms with Gasteiger partial charge in [-0.1, -0.05) is 0 Å². The van der Waals surface area contributed by atoms with Gasteiger partial charge in [-0.25, -0.2) is 4.98 Å². The van der Waals surface area contributed by atoms with Crippen LogP contribution in [0, 0.1) is 0 Å². The molecule has 0 unspecified atom stereocenters. The van der Waals surface area contributed by atoms with Crippen LogP contribution >= 0.6 is 0 Å². The van der Waals surface area contributed by atoms with Crippen LogP contribution in [0.15, 0.2) is 36.7 Å². The molecule has 0 radical (unpaired) electrons. The number of nitrogens with one attached hydrogen (secondary N) is 2. The van der Waals surface area contributed by atoms with E-state index < -0.39 is 0 Å². The average molecular weight is 438 g/mol. The van der Waals surface area contributed by atoms with Crippen LogP contribution in [0.5, 0.6) is 17.2 Å². The number of methoxy groups -OCH3 is 3. The number of amides is 2. The molecule has 32 heavy (non-hydrogen) atoms. The van der Waals surface area contributed by atoms with Crippen molar-refractivity contribution < 1.29 is 23.8 Å². The number of ether oxygens (including phenoxy) is 3. The van der Waals surface area contributed by atoms with E-state index in [0.717, 1.165) is 11.0 Å². The molecule has 0 aliphatic carbocycles. The van der Waals surface area contributed by atoms with Crippen molar-refractivity contribution in [2.45, 2.75) is 18.9 Å². The highest BCUT2D eigenvalue weighted by Gasteiger charge is 2.26. The van der Waals surface area contributed by atoms with Crippen molar-refractivity contribution in [1.82, 2.24) is 20.2 Å². The van der Waals surface area contributed by atoms with Crippen molar-refractivity contribution in [2.24, 2.45) is 0 Å². The van der Waals surface area contributed by atoms with E-state index in [-0.39, 0.29) is 17.9 Å². The summed E-state index contributed by atoms with van der Waals surface area (Å²) in [5.41, 5.74) is 2.71. The summed E-state index contributed by atoms with van der Waals surface area (Å²) in [5.74, 6) is 1.04. The molecule has 1 fully saturated rings. The molecule has 1 aromatic heterocycles. The van der Waals surface area contributed by atoms with Crippen molar-refractivity contribution in [2.75, 3.05) is 34.4 Å². The topological polar surface area (TPSA) is 106 Å². The van der Waals surface area contributed by atoms with E-state index in [2.05, 4.69) is 15.3 Å². The molecule has 9 heteroatoms. The Balaban J connectivity index is 1.38. The number of benzene rings is 2. The summed E-state index contributed by atoms with van der Waals surface area (Å²) in [6.45, 7) is 1.14. The zero-order valence-electron chi connectivity index (χ0n) is 18.3. The highest BCUT2D eigenvalue weighted by Crippen LogP contribution is 2.38. The fraction of sp³-hybridized carbons (Fsp3) is 0.348. The second-order valence-electron chi connectivity index (χ2n) is 7.59. The zero-order valence-corrected chi connectivity index (χ0v) is 18.3. The van der Waals surface area contributed by atoms with Crippen molar-refractivity contribution in [3.8, 4) is 17.2 Å². The molecule has 1 saturated heterocycles. The number of aromatic amines is 1. The number of H-pyrrole nitrogens is 1. The normalized spacial score (nSPS) is 14.3. The first-order valence-electron chi connectivity index (χ1n) is 10.4. The first kappa shape index (κ1) is 21.5. The fourth-order valence-corrected chi connectivity index (χ4v) is 3.96. The lowest BCUT2D eigenvalue weighted by Crippen LogP contribution is -2.46. The predicted octanol–water partition coefficient (Wildman–Crippen LogP) is 2.62. The number of imidazole rings is 1. The third-order valence-corrected chi connectivity index (χ3v) is 5.71. The minimum atomic E-state index is -0.223. The molecule has 2 aromatic carbocycles. The van der Waals surface area contributed by atoms with E-state index in [1.54, 1.807) is 24.5 Å². The summed E-state index contributed by atoms with van der Waals surface area (Å²) in [6, 6.07) is 8.68. The molecule has 2 heterocycles. The van der Waals surface area contributed by atoms with Crippen molar-refractivity contribution in [3.05, 3.63) is 47.8 Å². The van der Waals surface area contributed by atoms with Gasteiger partial charge in [0.05, 0.1) is 38.7 Å². The third kappa shape index (κ3) is 4.18. The van der Waals surface area contributed by atoms with E-state index in [1.165, 1.54) is 21.3 Å². The SMILES string of the molecule is COc1cc(C(=O)NC2CCN(C(=O)c3ccc4nc[nH]c4c3)CC2)cc(OC)c1OC. The number of carbonyl (C=O) groups excluding carboxylic acids is 2. The lowest BCUT2D eigenvalue weighted by molar-refractivity contribution is 0.0698. The van der Waals surface area contributed by atoms with E-state index >= 15 is 0 Å². The molecule has 3 aromatic rings.